The standard InChI is InChI=1S/C9H20N2S/c1-8(10-3)6-11-4-5-12-9(2)7-11/h8-10H,4-7H2,1-3H3/t8-,9?/m0/s1. The van der Waals surface area contributed by atoms with Gasteiger partial charge >= 0.3 is 0 Å². The Morgan fingerprint density at radius 2 is 2.42 bits per heavy atom. The third-order valence-electron chi connectivity index (χ3n) is 2.35. The van der Waals surface area contributed by atoms with Crippen molar-refractivity contribution < 1.29 is 0 Å². The molecule has 1 saturated heterocycles. The van der Waals surface area contributed by atoms with Gasteiger partial charge in [-0.05, 0) is 14.0 Å². The van der Waals surface area contributed by atoms with Gasteiger partial charge in [0.25, 0.3) is 0 Å². The van der Waals surface area contributed by atoms with Gasteiger partial charge in [0.1, 0.15) is 0 Å². The Hall–Kier alpha value is 0.270. The zero-order valence-electron chi connectivity index (χ0n) is 8.34. The number of nitrogens with zero attached hydrogens (tertiary/aromatic N) is 1. The predicted molar refractivity (Wildman–Crippen MR) is 56.9 cm³/mol. The largest absolute Gasteiger partial charge is 0.316 e. The molecule has 2 nitrogen and oxygen atoms in total. The lowest BCUT2D eigenvalue weighted by molar-refractivity contribution is 0.262. The quantitative estimate of drug-likeness (QED) is 0.712. The lowest BCUT2D eigenvalue weighted by Gasteiger charge is -2.32. The summed E-state index contributed by atoms with van der Waals surface area (Å²) in [6.45, 7) is 8.28. The molecule has 0 amide bonds. The van der Waals surface area contributed by atoms with Gasteiger partial charge in [-0.2, -0.15) is 11.8 Å². The van der Waals surface area contributed by atoms with Gasteiger partial charge in [0.2, 0.25) is 0 Å². The summed E-state index contributed by atoms with van der Waals surface area (Å²) >= 11 is 2.09. The molecule has 1 rings (SSSR count). The van der Waals surface area contributed by atoms with Crippen LogP contribution in [0.1, 0.15) is 13.8 Å². The first-order chi connectivity index (χ1) is 5.72. The summed E-state index contributed by atoms with van der Waals surface area (Å²) in [5.74, 6) is 1.30. The lowest BCUT2D eigenvalue weighted by Crippen LogP contribution is -2.43. The van der Waals surface area contributed by atoms with Crippen LogP contribution in [0.3, 0.4) is 0 Å². The molecule has 2 atom stereocenters. The molecular weight excluding hydrogens is 168 g/mol. The van der Waals surface area contributed by atoms with E-state index in [1.54, 1.807) is 0 Å². The molecule has 1 heterocycles. The Morgan fingerprint density at radius 1 is 1.67 bits per heavy atom. The van der Waals surface area contributed by atoms with Crippen LogP contribution in [0.4, 0.5) is 0 Å². The van der Waals surface area contributed by atoms with E-state index in [9.17, 15) is 0 Å². The van der Waals surface area contributed by atoms with E-state index in [1.165, 1.54) is 25.4 Å². The van der Waals surface area contributed by atoms with Crippen LogP contribution in [0.25, 0.3) is 0 Å². The van der Waals surface area contributed by atoms with Crippen LogP contribution in [0.5, 0.6) is 0 Å². The molecule has 0 bridgehead atoms. The Labute approximate surface area is 80.1 Å². The van der Waals surface area contributed by atoms with Gasteiger partial charge in [-0.3, -0.25) is 4.90 Å². The van der Waals surface area contributed by atoms with Crippen molar-refractivity contribution in [3.8, 4) is 0 Å². The summed E-state index contributed by atoms with van der Waals surface area (Å²) in [5, 5.41) is 4.10. The molecule has 0 aliphatic carbocycles. The third kappa shape index (κ3) is 3.33. The van der Waals surface area contributed by atoms with Crippen LogP contribution >= 0.6 is 11.8 Å². The van der Waals surface area contributed by atoms with E-state index in [0.29, 0.717) is 6.04 Å². The molecule has 0 saturated carbocycles. The number of hydrogen-bond acceptors (Lipinski definition) is 3. The molecular formula is C9H20N2S. The van der Waals surface area contributed by atoms with Crippen LogP contribution in [0.2, 0.25) is 0 Å². The Bertz CT molecular complexity index is 130. The van der Waals surface area contributed by atoms with Crippen LogP contribution in [-0.2, 0) is 0 Å². The minimum atomic E-state index is 0.625. The minimum absolute atomic E-state index is 0.625. The van der Waals surface area contributed by atoms with Gasteiger partial charge in [-0.15, -0.1) is 0 Å². The second-order valence-corrected chi connectivity index (χ2v) is 5.18. The fraction of sp³-hybridized carbons (Fsp3) is 1.00. The number of rotatable bonds is 3. The normalized spacial score (nSPS) is 28.8. The van der Waals surface area contributed by atoms with Crippen LogP contribution in [-0.4, -0.2) is 48.6 Å². The first kappa shape index (κ1) is 10.4. The summed E-state index contributed by atoms with van der Waals surface area (Å²) in [5.41, 5.74) is 0. The van der Waals surface area contributed by atoms with Gasteiger partial charge in [-0.1, -0.05) is 6.92 Å². The number of nitrogens with one attached hydrogen (secondary N) is 1. The van der Waals surface area contributed by atoms with Crippen molar-refractivity contribution in [2.24, 2.45) is 0 Å². The van der Waals surface area contributed by atoms with E-state index in [0.717, 1.165) is 5.25 Å². The van der Waals surface area contributed by atoms with Crippen molar-refractivity contribution in [2.75, 3.05) is 32.4 Å². The molecule has 72 valence electrons. The van der Waals surface area contributed by atoms with Crippen molar-refractivity contribution >= 4 is 11.8 Å². The highest BCUT2D eigenvalue weighted by Crippen LogP contribution is 2.17. The van der Waals surface area contributed by atoms with Crippen LogP contribution in [0.15, 0.2) is 0 Å². The smallest absolute Gasteiger partial charge is 0.0163 e. The van der Waals surface area contributed by atoms with Gasteiger partial charge in [-0.25, -0.2) is 0 Å². The van der Waals surface area contributed by atoms with Crippen LogP contribution < -0.4 is 5.32 Å². The second kappa shape index (κ2) is 5.10. The fourth-order valence-corrected chi connectivity index (χ4v) is 2.62. The molecule has 3 heteroatoms. The SMILES string of the molecule is CN[C@@H](C)CN1CCSC(C)C1. The Kier molecular flexibility index (Phi) is 4.40. The fourth-order valence-electron chi connectivity index (χ4n) is 1.53. The zero-order chi connectivity index (χ0) is 8.97. The van der Waals surface area contributed by atoms with Gasteiger partial charge < -0.3 is 5.32 Å². The molecule has 0 spiro atoms. The maximum atomic E-state index is 3.28. The molecule has 0 radical (unpaired) electrons. The average Bonchev–Trinajstić information content (AvgIpc) is 2.04. The molecule has 1 unspecified atom stereocenters. The van der Waals surface area contributed by atoms with Gasteiger partial charge in [0.15, 0.2) is 0 Å². The predicted octanol–water partition coefficient (Wildman–Crippen LogP) is 1.03. The summed E-state index contributed by atoms with van der Waals surface area (Å²) in [7, 11) is 2.03. The number of hydrogen-bond donors (Lipinski definition) is 1. The molecule has 0 aromatic heterocycles. The topological polar surface area (TPSA) is 15.3 Å². The third-order valence-corrected chi connectivity index (χ3v) is 3.49. The maximum Gasteiger partial charge on any atom is 0.0163 e. The zero-order valence-corrected chi connectivity index (χ0v) is 9.16. The molecule has 1 fully saturated rings. The van der Waals surface area contributed by atoms with E-state index in [2.05, 4.69) is 35.8 Å². The molecule has 1 N–H and O–H groups in total. The second-order valence-electron chi connectivity index (χ2n) is 3.63. The molecule has 0 aromatic rings. The van der Waals surface area contributed by atoms with Crippen molar-refractivity contribution in [1.82, 2.24) is 10.2 Å². The van der Waals surface area contributed by atoms with E-state index in [1.807, 2.05) is 7.05 Å². The van der Waals surface area contributed by atoms with Crippen molar-refractivity contribution in [1.29, 1.82) is 0 Å². The van der Waals surface area contributed by atoms with E-state index in [-0.39, 0.29) is 0 Å². The minimum Gasteiger partial charge on any atom is -0.316 e. The lowest BCUT2D eigenvalue weighted by atomic mass is 10.3. The highest BCUT2D eigenvalue weighted by atomic mass is 32.2. The highest BCUT2D eigenvalue weighted by molar-refractivity contribution is 7.99. The van der Waals surface area contributed by atoms with E-state index in [4.69, 9.17) is 0 Å². The number of thioether (sulfide) groups is 1. The van der Waals surface area contributed by atoms with Gasteiger partial charge in [0.05, 0.1) is 0 Å². The van der Waals surface area contributed by atoms with E-state index >= 15 is 0 Å². The average molecular weight is 188 g/mol. The number of likely N-dealkylation sites (N-methyl/N-ethyl adjacent to an activating group) is 1. The summed E-state index contributed by atoms with van der Waals surface area (Å²) in [6.07, 6.45) is 0. The monoisotopic (exact) mass is 188 g/mol. The Balaban J connectivity index is 2.22. The Morgan fingerprint density at radius 3 is 3.00 bits per heavy atom. The summed E-state index contributed by atoms with van der Waals surface area (Å²) < 4.78 is 0. The first-order valence-corrected chi connectivity index (χ1v) is 5.78. The highest BCUT2D eigenvalue weighted by Gasteiger charge is 2.17. The molecule has 0 aromatic carbocycles. The molecule has 1 aliphatic heterocycles. The van der Waals surface area contributed by atoms with Crippen molar-refractivity contribution in [3.63, 3.8) is 0 Å². The van der Waals surface area contributed by atoms with Crippen molar-refractivity contribution in [3.05, 3.63) is 0 Å². The molecule has 1 aliphatic rings. The maximum absolute atomic E-state index is 3.28. The molecule has 12 heavy (non-hydrogen) atoms. The van der Waals surface area contributed by atoms with E-state index < -0.39 is 0 Å². The van der Waals surface area contributed by atoms with Crippen LogP contribution in [0, 0.1) is 0 Å². The first-order valence-electron chi connectivity index (χ1n) is 4.73. The summed E-state index contributed by atoms with van der Waals surface area (Å²) in [6, 6.07) is 0.625. The van der Waals surface area contributed by atoms with Crippen molar-refractivity contribution in [2.45, 2.75) is 25.1 Å². The summed E-state index contributed by atoms with van der Waals surface area (Å²) in [4.78, 5) is 2.56. The van der Waals surface area contributed by atoms with Gasteiger partial charge in [0, 0.05) is 36.7 Å².